The lowest BCUT2D eigenvalue weighted by molar-refractivity contribution is 0.669. The molecule has 0 saturated heterocycles. The van der Waals surface area contributed by atoms with E-state index in [1.807, 2.05) is 84.1 Å². The molecular weight excluding hydrogens is 901 g/mol. The van der Waals surface area contributed by atoms with Gasteiger partial charge >= 0.3 is 0 Å². The van der Waals surface area contributed by atoms with Crippen molar-refractivity contribution < 1.29 is 4.42 Å². The fraction of sp³-hybridized carbons (Fsp3) is 0. The minimum absolute atomic E-state index is 0.442. The van der Waals surface area contributed by atoms with Crippen LogP contribution in [0.5, 0.6) is 0 Å². The van der Waals surface area contributed by atoms with E-state index in [1.54, 1.807) is 0 Å². The van der Waals surface area contributed by atoms with Crippen LogP contribution in [-0.4, -0.2) is 24.1 Å². The average molecular weight is 937 g/mol. The van der Waals surface area contributed by atoms with E-state index >= 15 is 0 Å². The summed E-state index contributed by atoms with van der Waals surface area (Å²) in [5.41, 5.74) is 12.4. The minimum atomic E-state index is 0.442. The van der Waals surface area contributed by atoms with Gasteiger partial charge in [0.05, 0.1) is 38.9 Å². The molecule has 0 N–H and O–H groups in total. The largest absolute Gasteiger partial charge is 0.455 e. The van der Waals surface area contributed by atoms with Crippen molar-refractivity contribution in [3.63, 3.8) is 0 Å². The zero-order valence-corrected chi connectivity index (χ0v) is 39.1. The quantitative estimate of drug-likeness (QED) is 0.166. The summed E-state index contributed by atoms with van der Waals surface area (Å²) in [6, 6.07) is 78.4. The Hall–Kier alpha value is -9.68. The molecule has 0 saturated carbocycles. The molecule has 334 valence electrons. The summed E-state index contributed by atoms with van der Waals surface area (Å²) in [4.78, 5) is 15.7. The van der Waals surface area contributed by atoms with Crippen LogP contribution in [0.15, 0.2) is 223 Å². The molecule has 0 aliphatic heterocycles. The van der Waals surface area contributed by atoms with Gasteiger partial charge in [0.2, 0.25) is 0 Å². The number of nitrogens with zero attached hydrogens (tertiary/aromatic N) is 6. The Morgan fingerprint density at radius 2 is 1.07 bits per heavy atom. The second kappa shape index (κ2) is 15.7. The lowest BCUT2D eigenvalue weighted by Gasteiger charge is -2.14. The SMILES string of the molecule is N#Cc1cc(-c2nc(-c3ccccc3-c3ccccc3)nc(-c3cccc4c3oc3ccccc34)n2)ccc1-n1c2ccccc2c2ccc3c(c4ccccc4n3-c3ccc4sc5ccccc5c4c3)c21. The summed E-state index contributed by atoms with van der Waals surface area (Å²) in [6.07, 6.45) is 0. The van der Waals surface area contributed by atoms with Gasteiger partial charge in [-0.3, -0.25) is 0 Å². The van der Waals surface area contributed by atoms with Crippen molar-refractivity contribution in [3.8, 4) is 62.7 Å². The van der Waals surface area contributed by atoms with Crippen LogP contribution in [0, 0.1) is 11.3 Å². The number of benzene rings is 10. The first-order valence-electron chi connectivity index (χ1n) is 23.9. The molecule has 0 unspecified atom stereocenters. The lowest BCUT2D eigenvalue weighted by atomic mass is 9.99. The standard InChI is InChI=1S/C64H36N6OS/c65-37-40-35-39(62-66-63(48-21-5-4-17-42(48)38-15-2-1-3-16-38)68-64(67-62)50-24-14-23-47-44-19-8-12-27-56(44)71-61(47)50)29-32-52(40)70-53-25-10-6-18-43(53)46-31-33-55-59(60(46)70)49-22-7-11-26-54(49)69(55)41-30-34-58-51(36-41)45-20-9-13-28-57(45)72-58/h1-36H. The van der Waals surface area contributed by atoms with Gasteiger partial charge in [-0.1, -0.05) is 146 Å². The Kier molecular flexibility index (Phi) is 8.76. The lowest BCUT2D eigenvalue weighted by Crippen LogP contribution is -2.03. The summed E-state index contributed by atoms with van der Waals surface area (Å²) in [5, 5.41) is 20.3. The predicted molar refractivity (Wildman–Crippen MR) is 295 cm³/mol. The van der Waals surface area contributed by atoms with E-state index in [1.165, 1.54) is 20.2 Å². The zero-order chi connectivity index (χ0) is 47.4. The van der Waals surface area contributed by atoms with Crippen molar-refractivity contribution in [2.75, 3.05) is 0 Å². The third kappa shape index (κ3) is 5.99. The van der Waals surface area contributed by atoms with Crippen molar-refractivity contribution in [1.82, 2.24) is 24.1 Å². The Labute approximate surface area is 415 Å². The Morgan fingerprint density at radius 3 is 1.92 bits per heavy atom. The molecule has 8 heteroatoms. The number of aromatic nitrogens is 5. The Balaban J connectivity index is 0.958. The van der Waals surface area contributed by atoms with E-state index in [0.717, 1.165) is 93.6 Å². The molecule has 0 fully saturated rings. The number of nitriles is 1. The van der Waals surface area contributed by atoms with E-state index < -0.39 is 0 Å². The topological polar surface area (TPSA) is 85.5 Å². The van der Waals surface area contributed by atoms with E-state index in [4.69, 9.17) is 19.4 Å². The highest BCUT2D eigenvalue weighted by Crippen LogP contribution is 2.44. The van der Waals surface area contributed by atoms with Crippen molar-refractivity contribution in [2.45, 2.75) is 0 Å². The van der Waals surface area contributed by atoms with Crippen LogP contribution in [0.1, 0.15) is 5.56 Å². The summed E-state index contributed by atoms with van der Waals surface area (Å²) in [5.74, 6) is 1.42. The minimum Gasteiger partial charge on any atom is -0.455 e. The van der Waals surface area contributed by atoms with Gasteiger partial charge in [0.1, 0.15) is 17.2 Å². The van der Waals surface area contributed by atoms with Crippen LogP contribution in [0.25, 0.3) is 142 Å². The van der Waals surface area contributed by atoms with E-state index in [0.29, 0.717) is 34.2 Å². The number of fused-ring (bicyclic) bond motifs is 13. The van der Waals surface area contributed by atoms with Crippen LogP contribution in [0.2, 0.25) is 0 Å². The van der Waals surface area contributed by atoms with Gasteiger partial charge in [0.15, 0.2) is 17.5 Å². The van der Waals surface area contributed by atoms with Gasteiger partial charge in [0, 0.05) is 69.3 Å². The fourth-order valence-corrected chi connectivity index (χ4v) is 12.2. The average Bonchev–Trinajstić information content (AvgIpc) is 4.20. The van der Waals surface area contributed by atoms with Crippen molar-refractivity contribution in [2.24, 2.45) is 0 Å². The highest BCUT2D eigenvalue weighted by atomic mass is 32.1. The summed E-state index contributed by atoms with van der Waals surface area (Å²) >= 11 is 1.83. The monoisotopic (exact) mass is 936 g/mol. The number of hydrogen-bond acceptors (Lipinski definition) is 6. The molecule has 0 spiro atoms. The second-order valence-corrected chi connectivity index (χ2v) is 19.3. The molecule has 15 rings (SSSR count). The molecule has 0 amide bonds. The molecular formula is C64H36N6OS. The first-order valence-corrected chi connectivity index (χ1v) is 24.7. The van der Waals surface area contributed by atoms with Gasteiger partial charge < -0.3 is 13.6 Å². The fourth-order valence-electron chi connectivity index (χ4n) is 11.1. The Morgan fingerprint density at radius 1 is 0.417 bits per heavy atom. The van der Waals surface area contributed by atoms with Crippen LogP contribution >= 0.6 is 11.3 Å². The number of para-hydroxylation sites is 4. The maximum atomic E-state index is 11.3. The van der Waals surface area contributed by atoms with Crippen molar-refractivity contribution in [1.29, 1.82) is 5.26 Å². The Bertz CT molecular complexity index is 4780. The number of furan rings is 1. The maximum Gasteiger partial charge on any atom is 0.167 e. The highest BCUT2D eigenvalue weighted by Gasteiger charge is 2.24. The normalized spacial score (nSPS) is 11.9. The van der Waals surface area contributed by atoms with Crippen molar-refractivity contribution >= 4 is 97.1 Å². The molecule has 72 heavy (non-hydrogen) atoms. The molecule has 15 aromatic rings. The predicted octanol–water partition coefficient (Wildman–Crippen LogP) is 16.9. The van der Waals surface area contributed by atoms with Crippen molar-refractivity contribution in [3.05, 3.63) is 224 Å². The second-order valence-electron chi connectivity index (χ2n) is 18.2. The number of rotatable bonds is 6. The van der Waals surface area contributed by atoms with Crippen LogP contribution in [0.3, 0.4) is 0 Å². The highest BCUT2D eigenvalue weighted by molar-refractivity contribution is 7.25. The van der Waals surface area contributed by atoms with Gasteiger partial charge in [-0.15, -0.1) is 11.3 Å². The first-order chi connectivity index (χ1) is 35.7. The van der Waals surface area contributed by atoms with Gasteiger partial charge in [0.25, 0.3) is 0 Å². The molecule has 5 aromatic heterocycles. The molecule has 0 bridgehead atoms. The van der Waals surface area contributed by atoms with Gasteiger partial charge in [-0.25, -0.2) is 15.0 Å². The zero-order valence-electron chi connectivity index (χ0n) is 38.3. The van der Waals surface area contributed by atoms with Crippen LogP contribution < -0.4 is 0 Å². The first kappa shape index (κ1) is 40.2. The number of thiophene rings is 1. The molecule has 10 aromatic carbocycles. The third-order valence-corrected chi connectivity index (χ3v) is 15.4. The smallest absolute Gasteiger partial charge is 0.167 e. The molecule has 7 nitrogen and oxygen atoms in total. The third-order valence-electron chi connectivity index (χ3n) is 14.2. The van der Waals surface area contributed by atoms with Crippen LogP contribution in [0.4, 0.5) is 0 Å². The van der Waals surface area contributed by atoms with Gasteiger partial charge in [-0.2, -0.15) is 5.26 Å². The van der Waals surface area contributed by atoms with E-state index in [9.17, 15) is 5.26 Å². The summed E-state index contributed by atoms with van der Waals surface area (Å²) in [7, 11) is 0. The molecule has 5 heterocycles. The van der Waals surface area contributed by atoms with E-state index in [-0.39, 0.29) is 0 Å². The molecule has 0 radical (unpaired) electrons. The van der Waals surface area contributed by atoms with E-state index in [2.05, 4.69) is 161 Å². The summed E-state index contributed by atoms with van der Waals surface area (Å²) in [6.45, 7) is 0. The van der Waals surface area contributed by atoms with Gasteiger partial charge in [-0.05, 0) is 83.9 Å². The molecule has 0 aliphatic carbocycles. The summed E-state index contributed by atoms with van der Waals surface area (Å²) < 4.78 is 13.8. The molecule has 0 aliphatic rings. The number of hydrogen-bond donors (Lipinski definition) is 0. The molecule has 0 atom stereocenters. The maximum absolute atomic E-state index is 11.3. The van der Waals surface area contributed by atoms with Crippen LogP contribution in [-0.2, 0) is 0 Å².